The molecule has 3 rings (SSSR count). The minimum Gasteiger partial charge on any atom is -0.491 e. The third-order valence-corrected chi connectivity index (χ3v) is 5.83. The minimum absolute atomic E-state index is 0.107. The van der Waals surface area contributed by atoms with E-state index in [9.17, 15) is 9.90 Å². The Morgan fingerprint density at radius 2 is 2.00 bits per heavy atom. The summed E-state index contributed by atoms with van der Waals surface area (Å²) < 4.78 is 11.4. The molecule has 2 heterocycles. The van der Waals surface area contributed by atoms with Crippen LogP contribution in [0, 0.1) is 6.92 Å². The number of hydrogen-bond acceptors (Lipinski definition) is 5. The molecule has 2 saturated heterocycles. The lowest BCUT2D eigenvalue weighted by molar-refractivity contribution is -0.142. The van der Waals surface area contributed by atoms with E-state index in [1.54, 1.807) is 0 Å². The quantitative estimate of drug-likeness (QED) is 0.789. The van der Waals surface area contributed by atoms with Gasteiger partial charge in [0.15, 0.2) is 0 Å². The molecule has 2 fully saturated rings. The van der Waals surface area contributed by atoms with Crippen molar-refractivity contribution >= 4 is 5.91 Å². The number of β-amino-alcohol motifs (C(OH)–C–C–N with tert-alkyl or cyclic N) is 1. The van der Waals surface area contributed by atoms with Gasteiger partial charge < -0.3 is 19.5 Å². The Bertz CT molecular complexity index is 687. The number of aliphatic hydroxyl groups is 1. The summed E-state index contributed by atoms with van der Waals surface area (Å²) >= 11 is 0. The van der Waals surface area contributed by atoms with E-state index in [1.807, 2.05) is 17.9 Å². The number of benzene rings is 1. The zero-order chi connectivity index (χ0) is 21.0. The van der Waals surface area contributed by atoms with Crippen molar-refractivity contribution in [3.63, 3.8) is 0 Å². The van der Waals surface area contributed by atoms with Gasteiger partial charge >= 0.3 is 0 Å². The summed E-state index contributed by atoms with van der Waals surface area (Å²) in [5.41, 5.74) is 2.47. The zero-order valence-corrected chi connectivity index (χ0v) is 18.3. The van der Waals surface area contributed by atoms with E-state index in [4.69, 9.17) is 9.47 Å². The van der Waals surface area contributed by atoms with E-state index in [-0.39, 0.29) is 24.0 Å². The van der Waals surface area contributed by atoms with Gasteiger partial charge in [0.1, 0.15) is 24.6 Å². The van der Waals surface area contributed by atoms with Crippen LogP contribution < -0.4 is 4.74 Å². The predicted octanol–water partition coefficient (Wildman–Crippen LogP) is 2.36. The molecule has 2 aliphatic rings. The van der Waals surface area contributed by atoms with Gasteiger partial charge in [0.2, 0.25) is 0 Å². The summed E-state index contributed by atoms with van der Waals surface area (Å²) in [5.74, 6) is 0.948. The lowest BCUT2D eigenvalue weighted by Crippen LogP contribution is -2.53. The van der Waals surface area contributed by atoms with Crippen molar-refractivity contribution in [3.05, 3.63) is 29.3 Å². The molecule has 0 radical (unpaired) electrons. The van der Waals surface area contributed by atoms with E-state index in [0.717, 1.165) is 37.2 Å². The minimum atomic E-state index is -0.558. The molecule has 162 valence electrons. The number of aryl methyl sites for hydroxylation is 1. The number of aliphatic hydroxyl groups excluding tert-OH is 1. The van der Waals surface area contributed by atoms with E-state index in [0.29, 0.717) is 26.2 Å². The standard InChI is InChI=1S/C23H36N2O4/c1-17-14-18(23(2,3)4)7-8-20(17)29-16-19(26)15-24-9-11-25(12-10-24)22(27)21-6-5-13-28-21/h7-8,14,19,21,26H,5-6,9-13,15-16H2,1-4H3/t19-,21-/m0/s1. The maximum absolute atomic E-state index is 12.4. The largest absolute Gasteiger partial charge is 0.491 e. The van der Waals surface area contributed by atoms with Gasteiger partial charge in [0.05, 0.1) is 0 Å². The summed E-state index contributed by atoms with van der Waals surface area (Å²) in [6.45, 7) is 13.1. The highest BCUT2D eigenvalue weighted by Crippen LogP contribution is 2.27. The van der Waals surface area contributed by atoms with Crippen LogP contribution in [0.3, 0.4) is 0 Å². The van der Waals surface area contributed by atoms with Crippen molar-refractivity contribution in [3.8, 4) is 5.75 Å². The third-order valence-electron chi connectivity index (χ3n) is 5.83. The smallest absolute Gasteiger partial charge is 0.251 e. The van der Waals surface area contributed by atoms with Crippen molar-refractivity contribution in [2.24, 2.45) is 0 Å². The van der Waals surface area contributed by atoms with Crippen molar-refractivity contribution in [1.82, 2.24) is 9.80 Å². The fourth-order valence-corrected chi connectivity index (χ4v) is 3.94. The summed E-state index contributed by atoms with van der Waals surface area (Å²) in [4.78, 5) is 16.5. The molecule has 1 amide bonds. The van der Waals surface area contributed by atoms with Crippen LogP contribution in [-0.4, -0.2) is 79.0 Å². The molecule has 0 aliphatic carbocycles. The highest BCUT2D eigenvalue weighted by Gasteiger charge is 2.30. The van der Waals surface area contributed by atoms with Crippen LogP contribution >= 0.6 is 0 Å². The first-order valence-electron chi connectivity index (χ1n) is 10.8. The molecule has 1 N–H and O–H groups in total. The number of amides is 1. The first-order chi connectivity index (χ1) is 13.7. The SMILES string of the molecule is Cc1cc(C(C)(C)C)ccc1OC[C@@H](O)CN1CCN(C(=O)[C@@H]2CCCO2)CC1. The normalized spacial score (nSPS) is 22.0. The molecule has 2 atom stereocenters. The summed E-state index contributed by atoms with van der Waals surface area (Å²) in [7, 11) is 0. The molecule has 0 spiro atoms. The van der Waals surface area contributed by atoms with Crippen LogP contribution in [0.25, 0.3) is 0 Å². The lowest BCUT2D eigenvalue weighted by atomic mass is 9.86. The first-order valence-corrected chi connectivity index (χ1v) is 10.8. The Morgan fingerprint density at radius 1 is 1.28 bits per heavy atom. The van der Waals surface area contributed by atoms with Crippen LogP contribution in [0.2, 0.25) is 0 Å². The Kier molecular flexibility index (Phi) is 7.19. The molecule has 0 saturated carbocycles. The molecule has 6 nitrogen and oxygen atoms in total. The van der Waals surface area contributed by atoms with Crippen molar-refractivity contribution in [1.29, 1.82) is 0 Å². The lowest BCUT2D eigenvalue weighted by Gasteiger charge is -2.36. The topological polar surface area (TPSA) is 62.2 Å². The molecular formula is C23H36N2O4. The second kappa shape index (κ2) is 9.45. The third kappa shape index (κ3) is 5.93. The fraction of sp³-hybridized carbons (Fsp3) is 0.696. The van der Waals surface area contributed by atoms with Gasteiger partial charge in [-0.25, -0.2) is 0 Å². The molecule has 1 aromatic rings. The van der Waals surface area contributed by atoms with E-state index in [1.165, 1.54) is 5.56 Å². The fourth-order valence-electron chi connectivity index (χ4n) is 3.94. The van der Waals surface area contributed by atoms with Gasteiger partial charge in [0.25, 0.3) is 5.91 Å². The van der Waals surface area contributed by atoms with Crippen LogP contribution in [0.5, 0.6) is 5.75 Å². The second-order valence-electron chi connectivity index (χ2n) is 9.32. The Labute approximate surface area is 174 Å². The van der Waals surface area contributed by atoms with Crippen LogP contribution in [0.1, 0.15) is 44.7 Å². The molecule has 29 heavy (non-hydrogen) atoms. The summed E-state index contributed by atoms with van der Waals surface area (Å²) in [6.07, 6.45) is 1.01. The number of carbonyl (C=O) groups excluding carboxylic acids is 1. The molecule has 0 bridgehead atoms. The van der Waals surface area contributed by atoms with Gasteiger partial charge in [-0.05, 0) is 42.4 Å². The maximum Gasteiger partial charge on any atom is 0.251 e. The van der Waals surface area contributed by atoms with Crippen molar-refractivity contribution < 1.29 is 19.4 Å². The average Bonchev–Trinajstić information content (AvgIpc) is 3.21. The van der Waals surface area contributed by atoms with Gasteiger partial charge in [-0.3, -0.25) is 9.69 Å². The summed E-state index contributed by atoms with van der Waals surface area (Å²) in [5, 5.41) is 10.4. The van der Waals surface area contributed by atoms with Crippen LogP contribution in [-0.2, 0) is 14.9 Å². The Hall–Kier alpha value is -1.63. The van der Waals surface area contributed by atoms with Crippen LogP contribution in [0.15, 0.2) is 18.2 Å². The monoisotopic (exact) mass is 404 g/mol. The number of ether oxygens (including phenoxy) is 2. The van der Waals surface area contributed by atoms with Gasteiger partial charge in [-0.2, -0.15) is 0 Å². The average molecular weight is 405 g/mol. The Morgan fingerprint density at radius 3 is 2.59 bits per heavy atom. The number of hydrogen-bond donors (Lipinski definition) is 1. The molecule has 0 aromatic heterocycles. The Balaban J connectivity index is 1.41. The zero-order valence-electron chi connectivity index (χ0n) is 18.3. The van der Waals surface area contributed by atoms with E-state index >= 15 is 0 Å². The molecule has 0 unspecified atom stereocenters. The number of rotatable bonds is 6. The highest BCUT2D eigenvalue weighted by atomic mass is 16.5. The van der Waals surface area contributed by atoms with E-state index < -0.39 is 6.10 Å². The molecule has 1 aromatic carbocycles. The number of piperazine rings is 1. The van der Waals surface area contributed by atoms with Gasteiger partial charge in [-0.1, -0.05) is 32.9 Å². The van der Waals surface area contributed by atoms with E-state index in [2.05, 4.69) is 37.8 Å². The van der Waals surface area contributed by atoms with Gasteiger partial charge in [-0.15, -0.1) is 0 Å². The molecular weight excluding hydrogens is 368 g/mol. The maximum atomic E-state index is 12.4. The predicted molar refractivity (Wildman–Crippen MR) is 113 cm³/mol. The van der Waals surface area contributed by atoms with Crippen molar-refractivity contribution in [2.45, 2.75) is 58.2 Å². The second-order valence-corrected chi connectivity index (χ2v) is 9.32. The highest BCUT2D eigenvalue weighted by molar-refractivity contribution is 5.81. The van der Waals surface area contributed by atoms with Crippen molar-refractivity contribution in [2.75, 3.05) is 45.9 Å². The number of nitrogens with zero attached hydrogens (tertiary/aromatic N) is 2. The first kappa shape index (κ1) is 22.1. The molecule has 6 heteroatoms. The van der Waals surface area contributed by atoms with Crippen LogP contribution in [0.4, 0.5) is 0 Å². The number of carbonyl (C=O) groups is 1. The summed E-state index contributed by atoms with van der Waals surface area (Å²) in [6, 6.07) is 6.25. The molecule has 2 aliphatic heterocycles. The van der Waals surface area contributed by atoms with Gasteiger partial charge in [0, 0.05) is 39.3 Å².